The predicted molar refractivity (Wildman–Crippen MR) is 134 cm³/mol. The molecule has 1 heterocycles. The standard InChI is InChI=1S/C26H37F3N4O5/c1-2-3-9-21(24(36)33-14-11-18(12-15-33)25(37)38)32-23(35)20(10-13-26(27,28)29)31-22(34)19(30)16-17-7-5-4-6-8-17/h4-8,18-21H,2-3,9-16,30H2,1H3,(H,31,34)(H,32,35)(H,37,38)/t19-,20-,21?/m1/s1. The highest BCUT2D eigenvalue weighted by atomic mass is 19.4. The summed E-state index contributed by atoms with van der Waals surface area (Å²) in [6, 6.07) is 5.18. The number of aliphatic carboxylic acids is 1. The minimum absolute atomic E-state index is 0.129. The van der Waals surface area contributed by atoms with Gasteiger partial charge < -0.3 is 26.4 Å². The lowest BCUT2D eigenvalue weighted by Gasteiger charge is -2.33. The van der Waals surface area contributed by atoms with Crippen LogP contribution in [-0.2, 0) is 25.6 Å². The lowest BCUT2D eigenvalue weighted by molar-refractivity contribution is -0.146. The number of nitrogens with one attached hydrogen (secondary N) is 2. The molecule has 12 heteroatoms. The number of halogens is 3. The van der Waals surface area contributed by atoms with E-state index in [2.05, 4.69) is 10.6 Å². The Hall–Kier alpha value is -3.15. The van der Waals surface area contributed by atoms with Crippen LogP contribution in [0.1, 0.15) is 57.4 Å². The first-order valence-electron chi connectivity index (χ1n) is 12.9. The minimum atomic E-state index is -4.55. The van der Waals surface area contributed by atoms with Gasteiger partial charge in [0.15, 0.2) is 0 Å². The molecule has 0 aliphatic carbocycles. The highest BCUT2D eigenvalue weighted by Gasteiger charge is 2.35. The summed E-state index contributed by atoms with van der Waals surface area (Å²) in [6.45, 7) is 2.30. The highest BCUT2D eigenvalue weighted by molar-refractivity contribution is 5.93. The van der Waals surface area contributed by atoms with Gasteiger partial charge in [-0.05, 0) is 37.7 Å². The molecule has 9 nitrogen and oxygen atoms in total. The monoisotopic (exact) mass is 542 g/mol. The van der Waals surface area contributed by atoms with E-state index in [1.807, 2.05) is 6.92 Å². The van der Waals surface area contributed by atoms with Gasteiger partial charge in [-0.3, -0.25) is 19.2 Å². The van der Waals surface area contributed by atoms with E-state index in [1.54, 1.807) is 30.3 Å². The van der Waals surface area contributed by atoms with Gasteiger partial charge in [0.05, 0.1) is 12.0 Å². The number of alkyl halides is 3. The molecule has 1 unspecified atom stereocenters. The van der Waals surface area contributed by atoms with Gasteiger partial charge in [0, 0.05) is 19.5 Å². The van der Waals surface area contributed by atoms with Crippen LogP contribution in [0, 0.1) is 5.92 Å². The predicted octanol–water partition coefficient (Wildman–Crippen LogP) is 2.38. The van der Waals surface area contributed by atoms with Crippen LogP contribution in [0.5, 0.6) is 0 Å². The van der Waals surface area contributed by atoms with Crippen molar-refractivity contribution >= 4 is 23.7 Å². The first-order valence-corrected chi connectivity index (χ1v) is 12.9. The summed E-state index contributed by atoms with van der Waals surface area (Å²) in [6.07, 6.45) is -4.35. The normalized spacial score (nSPS) is 16.8. The van der Waals surface area contributed by atoms with Crippen molar-refractivity contribution in [2.75, 3.05) is 13.1 Å². The van der Waals surface area contributed by atoms with Crippen molar-refractivity contribution in [3.8, 4) is 0 Å². The van der Waals surface area contributed by atoms with E-state index >= 15 is 0 Å². The summed E-state index contributed by atoms with van der Waals surface area (Å²) in [4.78, 5) is 51.6. The van der Waals surface area contributed by atoms with Gasteiger partial charge in [-0.1, -0.05) is 50.1 Å². The van der Waals surface area contributed by atoms with Gasteiger partial charge in [-0.15, -0.1) is 0 Å². The zero-order valence-electron chi connectivity index (χ0n) is 21.5. The number of benzene rings is 1. The molecule has 3 amide bonds. The van der Waals surface area contributed by atoms with Crippen LogP contribution in [-0.4, -0.2) is 71.1 Å². The van der Waals surface area contributed by atoms with Crippen molar-refractivity contribution in [1.29, 1.82) is 0 Å². The van der Waals surface area contributed by atoms with Gasteiger partial charge in [0.2, 0.25) is 17.7 Å². The van der Waals surface area contributed by atoms with E-state index in [9.17, 15) is 37.5 Å². The smallest absolute Gasteiger partial charge is 0.389 e. The van der Waals surface area contributed by atoms with Gasteiger partial charge >= 0.3 is 12.1 Å². The second-order valence-corrected chi connectivity index (χ2v) is 9.65. The molecule has 0 spiro atoms. The van der Waals surface area contributed by atoms with Crippen LogP contribution in [0.15, 0.2) is 30.3 Å². The molecule has 212 valence electrons. The number of hydrogen-bond acceptors (Lipinski definition) is 5. The van der Waals surface area contributed by atoms with Crippen LogP contribution in [0.25, 0.3) is 0 Å². The minimum Gasteiger partial charge on any atom is -0.481 e. The quantitative estimate of drug-likeness (QED) is 0.302. The summed E-state index contributed by atoms with van der Waals surface area (Å²) in [7, 11) is 0. The summed E-state index contributed by atoms with van der Waals surface area (Å²) >= 11 is 0. The number of piperidine rings is 1. The molecule has 0 aromatic heterocycles. The summed E-state index contributed by atoms with van der Waals surface area (Å²) in [5.41, 5.74) is 6.71. The topological polar surface area (TPSA) is 142 Å². The molecule has 1 saturated heterocycles. The number of amides is 3. The van der Waals surface area contributed by atoms with Crippen LogP contribution in [0.3, 0.4) is 0 Å². The molecule has 2 rings (SSSR count). The number of carboxylic acid groups (broad SMARTS) is 1. The maximum absolute atomic E-state index is 13.2. The maximum Gasteiger partial charge on any atom is 0.389 e. The van der Waals surface area contributed by atoms with Crippen molar-refractivity contribution in [3.05, 3.63) is 35.9 Å². The Balaban J connectivity index is 2.10. The number of carbonyl (C=O) groups excluding carboxylic acids is 3. The summed E-state index contributed by atoms with van der Waals surface area (Å²) in [5, 5.41) is 14.1. The zero-order valence-corrected chi connectivity index (χ0v) is 21.5. The van der Waals surface area contributed by atoms with Crippen molar-refractivity contribution in [2.24, 2.45) is 11.7 Å². The molecule has 1 aromatic rings. The Kier molecular flexibility index (Phi) is 12.0. The fraction of sp³-hybridized carbons (Fsp3) is 0.615. The summed E-state index contributed by atoms with van der Waals surface area (Å²) in [5.74, 6) is -3.57. The zero-order chi connectivity index (χ0) is 28.3. The third-order valence-corrected chi connectivity index (χ3v) is 6.60. The fourth-order valence-corrected chi connectivity index (χ4v) is 4.32. The number of unbranched alkanes of at least 4 members (excludes halogenated alkanes) is 1. The van der Waals surface area contributed by atoms with E-state index in [1.165, 1.54) is 4.90 Å². The Labute approximate surface area is 220 Å². The number of carbonyl (C=O) groups is 4. The molecular weight excluding hydrogens is 505 g/mol. The van der Waals surface area contributed by atoms with Gasteiger partial charge in [-0.25, -0.2) is 0 Å². The lowest BCUT2D eigenvalue weighted by Crippen LogP contribution is -2.57. The Morgan fingerprint density at radius 1 is 1.03 bits per heavy atom. The van der Waals surface area contributed by atoms with E-state index in [-0.39, 0.29) is 38.8 Å². The third kappa shape index (κ3) is 10.3. The molecule has 0 bridgehead atoms. The Morgan fingerprint density at radius 2 is 1.63 bits per heavy atom. The fourth-order valence-electron chi connectivity index (χ4n) is 4.32. The number of nitrogens with two attached hydrogens (primary N) is 1. The van der Waals surface area contributed by atoms with Crippen LogP contribution in [0.4, 0.5) is 13.2 Å². The molecule has 0 saturated carbocycles. The SMILES string of the molecule is CCCCC(NC(=O)[C@@H](CCC(F)(F)F)NC(=O)[C@H](N)Cc1ccccc1)C(=O)N1CCC(C(=O)O)CC1. The maximum atomic E-state index is 13.2. The number of likely N-dealkylation sites (tertiary alicyclic amines) is 1. The van der Waals surface area contributed by atoms with Gasteiger partial charge in [0.25, 0.3) is 0 Å². The van der Waals surface area contributed by atoms with Crippen LogP contribution in [0.2, 0.25) is 0 Å². The number of hydrogen-bond donors (Lipinski definition) is 4. The van der Waals surface area contributed by atoms with Crippen molar-refractivity contribution in [1.82, 2.24) is 15.5 Å². The number of nitrogens with zero attached hydrogens (tertiary/aromatic N) is 1. The first kappa shape index (κ1) is 31.1. The third-order valence-electron chi connectivity index (χ3n) is 6.60. The van der Waals surface area contributed by atoms with Crippen molar-refractivity contribution in [2.45, 2.75) is 82.6 Å². The molecule has 1 fully saturated rings. The van der Waals surface area contributed by atoms with E-state index < -0.39 is 66.8 Å². The van der Waals surface area contributed by atoms with Crippen molar-refractivity contribution < 1.29 is 37.5 Å². The van der Waals surface area contributed by atoms with E-state index in [0.717, 1.165) is 5.56 Å². The molecule has 3 atom stereocenters. The largest absolute Gasteiger partial charge is 0.481 e. The molecule has 0 radical (unpaired) electrons. The van der Waals surface area contributed by atoms with Crippen LogP contribution < -0.4 is 16.4 Å². The average Bonchev–Trinajstić information content (AvgIpc) is 2.88. The van der Waals surface area contributed by atoms with Gasteiger partial charge in [-0.2, -0.15) is 13.2 Å². The second kappa shape index (κ2) is 14.7. The molecule has 1 aliphatic rings. The average molecular weight is 543 g/mol. The first-order chi connectivity index (χ1) is 17.9. The Bertz CT molecular complexity index is 937. The van der Waals surface area contributed by atoms with Gasteiger partial charge in [0.1, 0.15) is 12.1 Å². The van der Waals surface area contributed by atoms with Crippen LogP contribution >= 0.6 is 0 Å². The van der Waals surface area contributed by atoms with E-state index in [4.69, 9.17) is 5.73 Å². The second-order valence-electron chi connectivity index (χ2n) is 9.65. The summed E-state index contributed by atoms with van der Waals surface area (Å²) < 4.78 is 38.9. The molecule has 1 aliphatic heterocycles. The van der Waals surface area contributed by atoms with E-state index in [0.29, 0.717) is 12.8 Å². The molecule has 1 aromatic carbocycles. The highest BCUT2D eigenvalue weighted by Crippen LogP contribution is 2.23. The molecule has 38 heavy (non-hydrogen) atoms. The number of rotatable bonds is 13. The molecular formula is C26H37F3N4O5. The number of carboxylic acids is 1. The van der Waals surface area contributed by atoms with Crippen molar-refractivity contribution in [3.63, 3.8) is 0 Å². The Morgan fingerprint density at radius 3 is 2.18 bits per heavy atom. The molecule has 5 N–H and O–H groups in total. The lowest BCUT2D eigenvalue weighted by atomic mass is 9.96.